The van der Waals surface area contributed by atoms with Gasteiger partial charge in [-0.05, 0) is 61.4 Å². The molecule has 0 bridgehead atoms. The minimum absolute atomic E-state index is 0.216. The Morgan fingerprint density at radius 3 is 2.44 bits per heavy atom. The summed E-state index contributed by atoms with van der Waals surface area (Å²) in [5.41, 5.74) is 5.61. The Morgan fingerprint density at radius 1 is 0.912 bits per heavy atom. The molecule has 3 aromatic rings. The lowest BCUT2D eigenvalue weighted by molar-refractivity contribution is -0.136. The molecule has 0 fully saturated rings. The topological polar surface area (TPSA) is 109 Å². The first-order chi connectivity index (χ1) is 16.3. The van der Waals surface area contributed by atoms with Gasteiger partial charge < -0.3 is 15.4 Å². The molecule has 0 aromatic heterocycles. The van der Waals surface area contributed by atoms with Crippen molar-refractivity contribution in [3.63, 3.8) is 0 Å². The van der Waals surface area contributed by atoms with Crippen LogP contribution in [0.2, 0.25) is 5.02 Å². The van der Waals surface area contributed by atoms with Crippen molar-refractivity contribution in [2.45, 2.75) is 13.8 Å². The van der Waals surface area contributed by atoms with E-state index < -0.39 is 11.8 Å². The van der Waals surface area contributed by atoms with E-state index >= 15 is 0 Å². The average Bonchev–Trinajstić information content (AvgIpc) is 2.80. The number of hydrazone groups is 1. The maximum absolute atomic E-state index is 12.2. The predicted octanol–water partition coefficient (Wildman–Crippen LogP) is 4.06. The number of amides is 3. The maximum atomic E-state index is 12.2. The van der Waals surface area contributed by atoms with Gasteiger partial charge in [0.05, 0.1) is 6.21 Å². The number of para-hydroxylation sites is 1. The fraction of sp³-hybridized carbons (Fsp3) is 0.120. The lowest BCUT2D eigenvalue weighted by Crippen LogP contribution is -2.32. The number of benzene rings is 3. The molecular weight excluding hydrogens is 456 g/mol. The highest BCUT2D eigenvalue weighted by Gasteiger charge is 2.13. The van der Waals surface area contributed by atoms with Gasteiger partial charge in [0, 0.05) is 22.0 Å². The van der Waals surface area contributed by atoms with Crippen LogP contribution in [0, 0.1) is 13.8 Å². The van der Waals surface area contributed by atoms with Gasteiger partial charge in [0.25, 0.3) is 5.91 Å². The second kappa shape index (κ2) is 11.6. The zero-order valence-electron chi connectivity index (χ0n) is 18.6. The number of hydrogen-bond acceptors (Lipinski definition) is 5. The van der Waals surface area contributed by atoms with Gasteiger partial charge in [-0.15, -0.1) is 0 Å². The van der Waals surface area contributed by atoms with Crippen LogP contribution < -0.4 is 20.8 Å². The number of aryl methyl sites for hydroxylation is 2. The van der Waals surface area contributed by atoms with E-state index in [1.807, 2.05) is 32.0 Å². The molecule has 0 aliphatic rings. The van der Waals surface area contributed by atoms with Crippen LogP contribution in [-0.4, -0.2) is 30.5 Å². The molecule has 0 unspecified atom stereocenters. The molecule has 0 aliphatic carbocycles. The van der Waals surface area contributed by atoms with E-state index in [1.165, 1.54) is 6.21 Å². The van der Waals surface area contributed by atoms with Gasteiger partial charge in [0.2, 0.25) is 0 Å². The summed E-state index contributed by atoms with van der Waals surface area (Å²) >= 11 is 6.02. The number of carbonyl (C=O) groups is 3. The van der Waals surface area contributed by atoms with Crippen LogP contribution >= 0.6 is 11.6 Å². The zero-order chi connectivity index (χ0) is 24.5. The normalized spacial score (nSPS) is 10.6. The molecule has 9 heteroatoms. The van der Waals surface area contributed by atoms with Crippen LogP contribution in [0.15, 0.2) is 71.8 Å². The Hall–Kier alpha value is -4.17. The van der Waals surface area contributed by atoms with E-state index in [0.717, 1.165) is 11.1 Å². The number of nitrogens with zero attached hydrogens (tertiary/aromatic N) is 1. The monoisotopic (exact) mass is 478 g/mol. The second-order valence-corrected chi connectivity index (χ2v) is 7.77. The third-order valence-electron chi connectivity index (χ3n) is 4.59. The Kier molecular flexibility index (Phi) is 8.37. The van der Waals surface area contributed by atoms with Crippen LogP contribution in [0.25, 0.3) is 0 Å². The molecular formula is C25H23ClN4O4. The Morgan fingerprint density at radius 2 is 1.68 bits per heavy atom. The smallest absolute Gasteiger partial charge is 0.329 e. The Bertz CT molecular complexity index is 1240. The summed E-state index contributed by atoms with van der Waals surface area (Å²) in [5.74, 6) is -1.78. The van der Waals surface area contributed by atoms with E-state index in [2.05, 4.69) is 21.2 Å². The van der Waals surface area contributed by atoms with Crippen molar-refractivity contribution in [1.82, 2.24) is 5.43 Å². The molecule has 8 nitrogen and oxygen atoms in total. The number of halogens is 1. The van der Waals surface area contributed by atoms with Crippen molar-refractivity contribution in [1.29, 1.82) is 0 Å². The summed E-state index contributed by atoms with van der Waals surface area (Å²) in [4.78, 5) is 36.3. The summed E-state index contributed by atoms with van der Waals surface area (Å²) in [7, 11) is 0. The maximum Gasteiger partial charge on any atom is 0.329 e. The Labute approximate surface area is 202 Å². The number of rotatable bonds is 7. The van der Waals surface area contributed by atoms with Crippen molar-refractivity contribution in [3.05, 3.63) is 88.4 Å². The lowest BCUT2D eigenvalue weighted by Gasteiger charge is -2.10. The third kappa shape index (κ3) is 7.18. The molecule has 3 rings (SSSR count). The molecule has 174 valence electrons. The summed E-state index contributed by atoms with van der Waals surface area (Å²) in [5, 5.41) is 9.49. The van der Waals surface area contributed by atoms with Gasteiger partial charge in [-0.1, -0.05) is 41.9 Å². The molecule has 3 aromatic carbocycles. The molecule has 0 saturated carbocycles. The molecule has 0 saturated heterocycles. The van der Waals surface area contributed by atoms with Crippen LogP contribution in [0.5, 0.6) is 5.75 Å². The first kappa shape index (κ1) is 24.5. The zero-order valence-corrected chi connectivity index (χ0v) is 19.3. The van der Waals surface area contributed by atoms with Crippen LogP contribution in [0.1, 0.15) is 16.7 Å². The number of carbonyl (C=O) groups excluding carboxylic acids is 3. The summed E-state index contributed by atoms with van der Waals surface area (Å²) in [6.07, 6.45) is 1.32. The molecule has 34 heavy (non-hydrogen) atoms. The largest absolute Gasteiger partial charge is 0.483 e. The van der Waals surface area contributed by atoms with E-state index in [-0.39, 0.29) is 12.5 Å². The summed E-state index contributed by atoms with van der Waals surface area (Å²) in [6.45, 7) is 3.54. The van der Waals surface area contributed by atoms with Crippen molar-refractivity contribution in [3.8, 4) is 5.75 Å². The molecule has 0 radical (unpaired) electrons. The summed E-state index contributed by atoms with van der Waals surface area (Å²) in [6, 6.07) is 19.2. The quantitative estimate of drug-likeness (QED) is 0.270. The average molecular weight is 479 g/mol. The van der Waals surface area contributed by atoms with Gasteiger partial charge in [-0.3, -0.25) is 14.4 Å². The standard InChI is InChI=1S/C25H23ClN4O4/c1-16-6-5-8-19(12-16)28-23(31)15-34-22-9-4-3-7-18(22)14-27-30-25(33)24(32)29-20-11-10-17(2)21(26)13-20/h3-14H,15H2,1-2H3,(H,28,31)(H,29,32)(H,30,33)/b27-14-. The molecule has 0 aliphatic heterocycles. The highest BCUT2D eigenvalue weighted by Crippen LogP contribution is 2.20. The summed E-state index contributed by atoms with van der Waals surface area (Å²) < 4.78 is 5.60. The first-order valence-corrected chi connectivity index (χ1v) is 10.7. The predicted molar refractivity (Wildman–Crippen MR) is 132 cm³/mol. The minimum atomic E-state index is -0.955. The van der Waals surface area contributed by atoms with E-state index in [0.29, 0.717) is 27.7 Å². The van der Waals surface area contributed by atoms with Gasteiger partial charge in [-0.2, -0.15) is 5.10 Å². The molecule has 3 amide bonds. The van der Waals surface area contributed by atoms with Gasteiger partial charge >= 0.3 is 11.8 Å². The van der Waals surface area contributed by atoms with E-state index in [9.17, 15) is 14.4 Å². The number of ether oxygens (including phenoxy) is 1. The van der Waals surface area contributed by atoms with E-state index in [1.54, 1.807) is 48.5 Å². The Balaban J connectivity index is 1.53. The highest BCUT2D eigenvalue weighted by atomic mass is 35.5. The fourth-order valence-corrected chi connectivity index (χ4v) is 3.03. The van der Waals surface area contributed by atoms with Gasteiger partial charge in [0.15, 0.2) is 6.61 Å². The number of anilines is 2. The lowest BCUT2D eigenvalue weighted by atomic mass is 10.2. The highest BCUT2D eigenvalue weighted by molar-refractivity contribution is 6.39. The van der Waals surface area contributed by atoms with Crippen molar-refractivity contribution < 1.29 is 19.1 Å². The van der Waals surface area contributed by atoms with Gasteiger partial charge in [0.1, 0.15) is 5.75 Å². The van der Waals surface area contributed by atoms with Crippen LogP contribution in [0.3, 0.4) is 0 Å². The van der Waals surface area contributed by atoms with Crippen molar-refractivity contribution in [2.24, 2.45) is 5.10 Å². The third-order valence-corrected chi connectivity index (χ3v) is 4.99. The second-order valence-electron chi connectivity index (χ2n) is 7.36. The van der Waals surface area contributed by atoms with E-state index in [4.69, 9.17) is 16.3 Å². The van der Waals surface area contributed by atoms with Gasteiger partial charge in [-0.25, -0.2) is 5.43 Å². The SMILES string of the molecule is Cc1cccc(NC(=O)COc2ccccc2/C=N\NC(=O)C(=O)Nc2ccc(C)c(Cl)c2)c1. The van der Waals surface area contributed by atoms with Crippen molar-refractivity contribution >= 4 is 46.9 Å². The molecule has 0 atom stereocenters. The number of hydrogen-bond donors (Lipinski definition) is 3. The fourth-order valence-electron chi connectivity index (χ4n) is 2.85. The first-order valence-electron chi connectivity index (χ1n) is 10.3. The number of nitrogens with one attached hydrogen (secondary N) is 3. The minimum Gasteiger partial charge on any atom is -0.483 e. The molecule has 0 spiro atoms. The molecule has 0 heterocycles. The van der Waals surface area contributed by atoms with Crippen LogP contribution in [0.4, 0.5) is 11.4 Å². The molecule has 3 N–H and O–H groups in total. The van der Waals surface area contributed by atoms with Crippen LogP contribution in [-0.2, 0) is 14.4 Å². The van der Waals surface area contributed by atoms with Crippen molar-refractivity contribution in [2.75, 3.05) is 17.2 Å².